The summed E-state index contributed by atoms with van der Waals surface area (Å²) in [4.78, 5) is 36.3. The van der Waals surface area contributed by atoms with Crippen molar-refractivity contribution in [1.82, 2.24) is 5.32 Å². The summed E-state index contributed by atoms with van der Waals surface area (Å²) in [6.07, 6.45) is -3.71. The van der Waals surface area contributed by atoms with Gasteiger partial charge in [-0.2, -0.15) is 17.6 Å². The number of ether oxygens (including phenoxy) is 2. The third kappa shape index (κ3) is 4.64. The summed E-state index contributed by atoms with van der Waals surface area (Å²) >= 11 is 0. The molecule has 13 heteroatoms. The highest BCUT2D eigenvalue weighted by atomic mass is 19.4. The summed E-state index contributed by atoms with van der Waals surface area (Å²) in [5, 5.41) is 2.31. The molecule has 35 heavy (non-hydrogen) atoms. The Kier molecular flexibility index (Phi) is 7.02. The van der Waals surface area contributed by atoms with E-state index in [2.05, 4.69) is 5.32 Å². The van der Waals surface area contributed by atoms with E-state index in [-0.39, 0.29) is 22.6 Å². The van der Waals surface area contributed by atoms with Crippen LogP contribution in [-0.4, -0.2) is 47.1 Å². The number of carbonyl (C=O) groups is 2. The van der Waals surface area contributed by atoms with Crippen LogP contribution >= 0.6 is 0 Å². The van der Waals surface area contributed by atoms with Crippen molar-refractivity contribution in [2.45, 2.75) is 50.6 Å². The molecule has 1 unspecified atom stereocenters. The Morgan fingerprint density at radius 3 is 2.51 bits per heavy atom. The molecule has 1 fully saturated rings. The summed E-state index contributed by atoms with van der Waals surface area (Å²) in [7, 11) is 0. The zero-order valence-corrected chi connectivity index (χ0v) is 18.9. The van der Waals surface area contributed by atoms with Crippen molar-refractivity contribution in [2.75, 3.05) is 6.61 Å². The second-order valence-corrected chi connectivity index (χ2v) is 8.30. The molecule has 0 bridgehead atoms. The van der Waals surface area contributed by atoms with E-state index in [1.165, 1.54) is 13.8 Å². The van der Waals surface area contributed by atoms with E-state index in [1.807, 2.05) is 0 Å². The van der Waals surface area contributed by atoms with Crippen molar-refractivity contribution >= 4 is 11.8 Å². The third-order valence-corrected chi connectivity index (χ3v) is 6.23. The first-order valence-electron chi connectivity index (χ1n) is 10.5. The Balaban J connectivity index is 2.06. The molecular weight excluding hydrogens is 481 g/mol. The quantitative estimate of drug-likeness (QED) is 0.457. The largest absolute Gasteiger partial charge is 0.490 e. The van der Waals surface area contributed by atoms with Gasteiger partial charge < -0.3 is 20.5 Å². The number of benzene rings is 1. The van der Waals surface area contributed by atoms with Crippen LogP contribution in [0.5, 0.6) is 5.75 Å². The average Bonchev–Trinajstić information content (AvgIpc) is 3.05. The van der Waals surface area contributed by atoms with Gasteiger partial charge in [0.1, 0.15) is 6.10 Å². The molecule has 2 amide bonds. The van der Waals surface area contributed by atoms with Crippen LogP contribution in [-0.2, 0) is 14.3 Å². The fourth-order valence-electron chi connectivity index (χ4n) is 4.17. The van der Waals surface area contributed by atoms with Crippen molar-refractivity contribution in [3.63, 3.8) is 0 Å². The summed E-state index contributed by atoms with van der Waals surface area (Å²) in [5.74, 6) is -8.24. The number of nitroso groups, excluding NO2 is 1. The number of alkyl halides is 3. The van der Waals surface area contributed by atoms with Gasteiger partial charge in [0.2, 0.25) is 12.0 Å². The van der Waals surface area contributed by atoms with Crippen molar-refractivity contribution in [1.29, 1.82) is 0 Å². The molecule has 2 heterocycles. The van der Waals surface area contributed by atoms with Crippen molar-refractivity contribution in [3.8, 4) is 5.75 Å². The summed E-state index contributed by atoms with van der Waals surface area (Å²) < 4.78 is 81.2. The van der Waals surface area contributed by atoms with E-state index in [0.29, 0.717) is 0 Å². The Bertz CT molecular complexity index is 1120. The summed E-state index contributed by atoms with van der Waals surface area (Å²) in [6, 6.07) is 0.324. The number of amides is 2. The highest BCUT2D eigenvalue weighted by Gasteiger charge is 2.66. The van der Waals surface area contributed by atoms with Crippen molar-refractivity contribution in [3.05, 3.63) is 58.3 Å². The monoisotopic (exact) mass is 504 g/mol. The smallest absolute Gasteiger partial charge is 0.417 e. The lowest BCUT2D eigenvalue weighted by atomic mass is 9.77. The van der Waals surface area contributed by atoms with E-state index < -0.39 is 65.0 Å². The van der Waals surface area contributed by atoms with Crippen LogP contribution in [0.15, 0.2) is 36.2 Å². The standard InChI is InChI=1S/C22H22F5N3O5/c1-4-34-17-12(5-6-13(23)16(17)24)15-10(2)21(3,22(25,26)27)35-18(15)20(32)29-11-7-8-30(33)14(9-11)19(28)31/h5-10,14-15,18H,4H2,1-3H3,(H2-,28,29,31,32)/p+1/t10-,14-,15-,18?,21+/m0/s1. The highest BCUT2D eigenvalue weighted by molar-refractivity contribution is 5.86. The molecule has 0 radical (unpaired) electrons. The molecule has 0 aliphatic carbocycles. The maximum absolute atomic E-state index is 14.6. The fourth-order valence-corrected chi connectivity index (χ4v) is 4.17. The summed E-state index contributed by atoms with van der Waals surface area (Å²) in [5.41, 5.74) is 2.05. The molecule has 2 aliphatic rings. The van der Waals surface area contributed by atoms with Crippen LogP contribution in [0.2, 0.25) is 0 Å². The van der Waals surface area contributed by atoms with E-state index >= 15 is 0 Å². The van der Waals surface area contributed by atoms with Crippen LogP contribution in [0.1, 0.15) is 32.3 Å². The first-order chi connectivity index (χ1) is 16.2. The Morgan fingerprint density at radius 1 is 1.29 bits per heavy atom. The van der Waals surface area contributed by atoms with E-state index in [4.69, 9.17) is 15.2 Å². The molecule has 5 atom stereocenters. The second kappa shape index (κ2) is 9.36. The minimum Gasteiger partial charge on any atom is -0.490 e. The van der Waals surface area contributed by atoms with Crippen LogP contribution in [0, 0.1) is 22.5 Å². The van der Waals surface area contributed by atoms with E-state index in [0.717, 1.165) is 37.4 Å². The number of carbonyl (C=O) groups excluding carboxylic acids is 2. The number of halogens is 5. The fraction of sp³-hybridized carbons (Fsp3) is 0.455. The van der Waals surface area contributed by atoms with Gasteiger partial charge in [-0.25, -0.2) is 4.39 Å². The van der Waals surface area contributed by atoms with Crippen LogP contribution in [0.3, 0.4) is 0 Å². The Morgan fingerprint density at radius 2 is 1.94 bits per heavy atom. The highest BCUT2D eigenvalue weighted by Crippen LogP contribution is 2.54. The second-order valence-electron chi connectivity index (χ2n) is 8.30. The van der Waals surface area contributed by atoms with Crippen LogP contribution in [0.4, 0.5) is 22.0 Å². The number of nitrogens with two attached hydrogens (primary N) is 1. The van der Waals surface area contributed by atoms with Gasteiger partial charge in [0.15, 0.2) is 17.2 Å². The maximum Gasteiger partial charge on any atom is 0.417 e. The zero-order chi connectivity index (χ0) is 26.3. The predicted octanol–water partition coefficient (Wildman–Crippen LogP) is 2.96. The van der Waals surface area contributed by atoms with Gasteiger partial charge in [0.25, 0.3) is 11.8 Å². The first kappa shape index (κ1) is 26.3. The predicted molar refractivity (Wildman–Crippen MR) is 111 cm³/mol. The number of nitrogens with zero attached hydrogens (tertiary/aromatic N) is 1. The van der Waals surface area contributed by atoms with Gasteiger partial charge in [-0.1, -0.05) is 13.0 Å². The Labute approximate surface area is 196 Å². The van der Waals surface area contributed by atoms with E-state index in [9.17, 15) is 36.4 Å². The SMILES string of the molecule is CCOc1c([C@H]2C(C(=O)NC3=C[C@@H](C(N)=O)[N+](=O)C=C3)O[C@@](C)(C(F)(F)F)[C@H]2C)ccc(F)c1F. The molecule has 1 aromatic rings. The zero-order valence-electron chi connectivity index (χ0n) is 18.9. The molecule has 0 spiro atoms. The molecule has 190 valence electrons. The Hall–Kier alpha value is -3.35. The third-order valence-electron chi connectivity index (χ3n) is 6.23. The number of hydrogen-bond donors (Lipinski definition) is 2. The normalized spacial score (nSPS) is 28.6. The van der Waals surface area contributed by atoms with E-state index in [1.54, 1.807) is 0 Å². The van der Waals surface area contributed by atoms with Crippen molar-refractivity contribution < 1.29 is 45.8 Å². The number of allylic oxidation sites excluding steroid dienone is 1. The van der Waals surface area contributed by atoms with Crippen molar-refractivity contribution in [2.24, 2.45) is 11.7 Å². The molecule has 3 rings (SSSR count). The number of rotatable bonds is 6. The molecule has 0 aromatic heterocycles. The van der Waals surface area contributed by atoms with Gasteiger partial charge in [0.05, 0.1) is 12.3 Å². The number of nitrogens with one attached hydrogen (secondary N) is 1. The van der Waals surface area contributed by atoms with Gasteiger partial charge in [-0.3, -0.25) is 9.59 Å². The van der Waals surface area contributed by atoms with Gasteiger partial charge in [0, 0.05) is 39.2 Å². The maximum atomic E-state index is 14.6. The van der Waals surface area contributed by atoms with Crippen LogP contribution < -0.4 is 15.8 Å². The molecule has 3 N–H and O–H groups in total. The van der Waals surface area contributed by atoms with Crippen LogP contribution in [0.25, 0.3) is 0 Å². The van der Waals surface area contributed by atoms with Gasteiger partial charge in [-0.15, -0.1) is 0 Å². The topological polar surface area (TPSA) is 111 Å². The molecule has 2 aliphatic heterocycles. The molecule has 8 nitrogen and oxygen atoms in total. The molecule has 1 aromatic carbocycles. The molecular formula is C22H23F5N3O5+. The minimum atomic E-state index is -4.92. The van der Waals surface area contributed by atoms with Gasteiger partial charge in [-0.05, 0) is 19.9 Å². The lowest BCUT2D eigenvalue weighted by Crippen LogP contribution is -2.47. The first-order valence-corrected chi connectivity index (χ1v) is 10.5. The lowest BCUT2D eigenvalue weighted by Gasteiger charge is -2.32. The molecule has 0 saturated carbocycles. The number of hydrogen-bond acceptors (Lipinski definition) is 5. The molecule has 1 saturated heterocycles. The minimum absolute atomic E-state index is 0.0863. The van der Waals surface area contributed by atoms with Gasteiger partial charge >= 0.3 is 12.2 Å². The lowest BCUT2D eigenvalue weighted by molar-refractivity contribution is -0.495. The number of primary amides is 1. The summed E-state index contributed by atoms with van der Waals surface area (Å²) in [6.45, 7) is 3.29. The average molecular weight is 504 g/mol.